The van der Waals surface area contributed by atoms with Gasteiger partial charge < -0.3 is 28.8 Å². The van der Waals surface area contributed by atoms with E-state index in [4.69, 9.17) is 19.0 Å². The highest BCUT2D eigenvalue weighted by molar-refractivity contribution is 5.96. The Morgan fingerprint density at radius 2 is 1.76 bits per heavy atom. The van der Waals surface area contributed by atoms with Crippen LogP contribution in [0.25, 0.3) is 39.2 Å². The molecule has 0 spiro atoms. The first-order valence-corrected chi connectivity index (χ1v) is 15.9. The van der Waals surface area contributed by atoms with E-state index in [9.17, 15) is 22.8 Å². The van der Waals surface area contributed by atoms with Gasteiger partial charge in [0, 0.05) is 48.2 Å². The van der Waals surface area contributed by atoms with E-state index in [2.05, 4.69) is 20.4 Å². The average molecular weight is 692 g/mol. The van der Waals surface area contributed by atoms with Crippen LogP contribution in [0.1, 0.15) is 44.2 Å². The number of halogens is 3. The fourth-order valence-electron chi connectivity index (χ4n) is 6.13. The molecule has 5 aromatic rings. The van der Waals surface area contributed by atoms with Crippen LogP contribution in [0, 0.1) is 19.8 Å². The Balaban J connectivity index is 1.44. The monoisotopic (exact) mass is 691 g/mol. The standard InChI is InChI=1S/C35H36F3N7O5/c1-19-28(20(2)50-43-19)27-13-12-24-25(18-45(30(24)41-27)23-10-8-7-9-11-23)29-26(35(36,37)38)15-39-32(42-29)40-22-14-21(31(46)48-6)16-44(17-22)33(47)49-34(3,4)5/h7-13,15,18,21-22H,14,16-17H2,1-6H3,(H,39,40,42)/t21-,22+/m1/s1. The smallest absolute Gasteiger partial charge is 0.419 e. The Bertz CT molecular complexity index is 2030. The lowest BCUT2D eigenvalue weighted by atomic mass is 9.94. The van der Waals surface area contributed by atoms with E-state index in [1.807, 2.05) is 30.3 Å². The number of amides is 1. The minimum atomic E-state index is -4.80. The first-order valence-electron chi connectivity index (χ1n) is 15.9. The molecule has 1 amide bonds. The SMILES string of the molecule is COC(=O)[C@@H]1C[C@H](Nc2ncc(C(F)(F)F)c(-c3cn(-c4ccccc4)c4nc(-c5c(C)noc5C)ccc34)n2)CN(C(=O)OC(C)(C)C)C1. The first-order chi connectivity index (χ1) is 23.6. The highest BCUT2D eigenvalue weighted by Gasteiger charge is 2.39. The van der Waals surface area contributed by atoms with E-state index in [-0.39, 0.29) is 36.7 Å². The maximum Gasteiger partial charge on any atom is 0.419 e. The van der Waals surface area contributed by atoms with E-state index in [1.54, 1.807) is 57.5 Å². The van der Waals surface area contributed by atoms with Crippen LogP contribution >= 0.6 is 0 Å². The van der Waals surface area contributed by atoms with Gasteiger partial charge in [-0.15, -0.1) is 0 Å². The maximum absolute atomic E-state index is 14.6. The number of carbonyl (C=O) groups is 2. The third-order valence-corrected chi connectivity index (χ3v) is 8.29. The number of likely N-dealkylation sites (tertiary alicyclic amines) is 1. The fourth-order valence-corrected chi connectivity index (χ4v) is 6.13. The number of nitrogens with one attached hydrogen (secondary N) is 1. The van der Waals surface area contributed by atoms with Crippen molar-refractivity contribution in [2.75, 3.05) is 25.5 Å². The predicted molar refractivity (Wildman–Crippen MR) is 177 cm³/mol. The lowest BCUT2D eigenvalue weighted by molar-refractivity contribution is -0.147. The van der Waals surface area contributed by atoms with Gasteiger partial charge in [0.15, 0.2) is 0 Å². The second-order valence-corrected chi connectivity index (χ2v) is 13.2. The van der Waals surface area contributed by atoms with Gasteiger partial charge in [0.05, 0.1) is 35.7 Å². The zero-order valence-corrected chi connectivity index (χ0v) is 28.3. The number of methoxy groups -OCH3 is 1. The normalized spacial score (nSPS) is 16.8. The molecule has 6 rings (SSSR count). The number of carbonyl (C=O) groups excluding carboxylic acids is 2. The molecule has 1 aliphatic rings. The molecule has 1 aliphatic heterocycles. The number of rotatable bonds is 6. The Hall–Kier alpha value is -5.47. The van der Waals surface area contributed by atoms with E-state index < -0.39 is 41.4 Å². The van der Waals surface area contributed by atoms with Crippen LogP contribution in [0.2, 0.25) is 0 Å². The molecule has 0 saturated carbocycles. The summed E-state index contributed by atoms with van der Waals surface area (Å²) in [5, 5.41) is 7.51. The molecule has 50 heavy (non-hydrogen) atoms. The van der Waals surface area contributed by atoms with Gasteiger partial charge in [-0.25, -0.2) is 19.7 Å². The summed E-state index contributed by atoms with van der Waals surface area (Å²) in [4.78, 5) is 40.3. The summed E-state index contributed by atoms with van der Waals surface area (Å²) in [7, 11) is 1.25. The summed E-state index contributed by atoms with van der Waals surface area (Å²) in [6.45, 7) is 8.87. The molecule has 0 bridgehead atoms. The number of anilines is 1. The van der Waals surface area contributed by atoms with Gasteiger partial charge in [0.25, 0.3) is 0 Å². The minimum Gasteiger partial charge on any atom is -0.469 e. The Morgan fingerprint density at radius 1 is 1.02 bits per heavy atom. The summed E-state index contributed by atoms with van der Waals surface area (Å²) >= 11 is 0. The van der Waals surface area contributed by atoms with E-state index in [0.717, 1.165) is 6.20 Å². The number of aryl methyl sites for hydroxylation is 2. The quantitative estimate of drug-likeness (QED) is 0.186. The Kier molecular flexibility index (Phi) is 9.01. The molecule has 1 aromatic carbocycles. The predicted octanol–water partition coefficient (Wildman–Crippen LogP) is 6.98. The molecule has 1 fully saturated rings. The van der Waals surface area contributed by atoms with Gasteiger partial charge in [0.2, 0.25) is 5.95 Å². The maximum atomic E-state index is 14.6. The van der Waals surface area contributed by atoms with Crippen molar-refractivity contribution in [2.45, 2.75) is 58.9 Å². The number of ether oxygens (including phenoxy) is 2. The number of esters is 1. The molecule has 2 atom stereocenters. The number of alkyl halides is 3. The highest BCUT2D eigenvalue weighted by atomic mass is 19.4. The number of para-hydroxylation sites is 1. The van der Waals surface area contributed by atoms with Crippen LogP contribution in [0.15, 0.2) is 59.4 Å². The van der Waals surface area contributed by atoms with Crippen LogP contribution in [0.5, 0.6) is 0 Å². The van der Waals surface area contributed by atoms with Crippen molar-refractivity contribution in [2.24, 2.45) is 5.92 Å². The average Bonchev–Trinajstić information content (AvgIpc) is 3.61. The van der Waals surface area contributed by atoms with Gasteiger partial charge in [-0.1, -0.05) is 23.4 Å². The zero-order valence-electron chi connectivity index (χ0n) is 28.3. The molecule has 0 unspecified atom stereocenters. The number of hydrogen-bond donors (Lipinski definition) is 1. The number of fused-ring (bicyclic) bond motifs is 1. The Labute approximate surface area is 285 Å². The number of aromatic nitrogens is 5. The Morgan fingerprint density at radius 3 is 2.40 bits per heavy atom. The van der Waals surface area contributed by atoms with Gasteiger partial charge in [0.1, 0.15) is 22.6 Å². The molecule has 1 N–H and O–H groups in total. The van der Waals surface area contributed by atoms with E-state index in [1.165, 1.54) is 12.0 Å². The van der Waals surface area contributed by atoms with E-state index in [0.29, 0.717) is 39.4 Å². The second-order valence-electron chi connectivity index (χ2n) is 13.2. The molecule has 262 valence electrons. The summed E-state index contributed by atoms with van der Waals surface area (Å²) in [6.07, 6.45) is -2.91. The highest BCUT2D eigenvalue weighted by Crippen LogP contribution is 2.41. The third-order valence-electron chi connectivity index (χ3n) is 8.29. The van der Waals surface area contributed by atoms with Crippen LogP contribution in [-0.4, -0.2) is 73.5 Å². The van der Waals surface area contributed by atoms with Crippen LogP contribution < -0.4 is 5.32 Å². The van der Waals surface area contributed by atoms with Gasteiger partial charge >= 0.3 is 18.2 Å². The minimum absolute atomic E-state index is 0.0563. The van der Waals surface area contributed by atoms with Crippen LogP contribution in [0.4, 0.5) is 23.9 Å². The topological polar surface area (TPSA) is 137 Å². The molecule has 12 nitrogen and oxygen atoms in total. The summed E-state index contributed by atoms with van der Waals surface area (Å²) in [5.41, 5.74) is 0.901. The number of nitrogens with zero attached hydrogens (tertiary/aromatic N) is 6. The number of hydrogen-bond acceptors (Lipinski definition) is 10. The van der Waals surface area contributed by atoms with Crippen molar-refractivity contribution >= 4 is 29.0 Å². The van der Waals surface area contributed by atoms with Crippen molar-refractivity contribution < 1.29 is 36.8 Å². The number of piperidine rings is 1. The van der Waals surface area contributed by atoms with Gasteiger partial charge in [-0.05, 0) is 65.3 Å². The third kappa shape index (κ3) is 6.98. The number of pyridine rings is 1. The molecular formula is C35H36F3N7O5. The molecule has 15 heteroatoms. The zero-order chi connectivity index (χ0) is 36.0. The molecule has 1 saturated heterocycles. The van der Waals surface area contributed by atoms with Crippen molar-refractivity contribution in [3.05, 3.63) is 71.9 Å². The van der Waals surface area contributed by atoms with Crippen LogP contribution in [-0.2, 0) is 20.4 Å². The lowest BCUT2D eigenvalue weighted by Crippen LogP contribution is -2.52. The van der Waals surface area contributed by atoms with Crippen LogP contribution in [0.3, 0.4) is 0 Å². The molecule has 0 radical (unpaired) electrons. The molecular weight excluding hydrogens is 655 g/mol. The van der Waals surface area contributed by atoms with Crippen molar-refractivity contribution in [3.8, 4) is 28.2 Å². The first kappa shape index (κ1) is 34.4. The lowest BCUT2D eigenvalue weighted by Gasteiger charge is -2.37. The number of benzene rings is 1. The summed E-state index contributed by atoms with van der Waals surface area (Å²) in [6, 6.07) is 11.9. The van der Waals surface area contributed by atoms with Crippen molar-refractivity contribution in [1.29, 1.82) is 0 Å². The summed E-state index contributed by atoms with van der Waals surface area (Å²) < 4.78 is 61.3. The largest absolute Gasteiger partial charge is 0.469 e. The van der Waals surface area contributed by atoms with Gasteiger partial charge in [-0.3, -0.25) is 4.79 Å². The fraction of sp³-hybridized carbons (Fsp3) is 0.371. The van der Waals surface area contributed by atoms with Gasteiger partial charge in [-0.2, -0.15) is 13.2 Å². The molecule has 0 aliphatic carbocycles. The van der Waals surface area contributed by atoms with E-state index >= 15 is 0 Å². The second kappa shape index (κ2) is 13.1. The summed E-state index contributed by atoms with van der Waals surface area (Å²) in [5.74, 6) is -0.806. The molecule has 5 heterocycles. The van der Waals surface area contributed by atoms with Crippen molar-refractivity contribution in [3.63, 3.8) is 0 Å². The molecule has 4 aromatic heterocycles. The van der Waals surface area contributed by atoms with Crippen molar-refractivity contribution in [1.82, 2.24) is 29.6 Å².